The predicted molar refractivity (Wildman–Crippen MR) is 121 cm³/mol. The van der Waals surface area contributed by atoms with E-state index < -0.39 is 0 Å². The average molecular weight is 431 g/mol. The van der Waals surface area contributed by atoms with Gasteiger partial charge < -0.3 is 10.1 Å². The van der Waals surface area contributed by atoms with E-state index >= 15 is 0 Å². The summed E-state index contributed by atoms with van der Waals surface area (Å²) in [6.07, 6.45) is 7.37. The number of hydrogen-bond donors (Lipinski definition) is 1. The highest BCUT2D eigenvalue weighted by Gasteiger charge is 2.26. The molecule has 2 aliphatic rings. The zero-order chi connectivity index (χ0) is 21.7. The van der Waals surface area contributed by atoms with Gasteiger partial charge in [0, 0.05) is 36.8 Å². The smallest absolute Gasteiger partial charge is 0.165 e. The van der Waals surface area contributed by atoms with Gasteiger partial charge in [-0.25, -0.2) is 4.52 Å². The van der Waals surface area contributed by atoms with Gasteiger partial charge in [0.15, 0.2) is 17.4 Å². The van der Waals surface area contributed by atoms with Crippen LogP contribution in [-0.2, 0) is 7.05 Å². The Labute approximate surface area is 186 Å². The summed E-state index contributed by atoms with van der Waals surface area (Å²) in [4.78, 5) is 2.31. The van der Waals surface area contributed by atoms with Crippen LogP contribution in [0.25, 0.3) is 16.8 Å². The highest BCUT2D eigenvalue weighted by atomic mass is 16.5. The molecule has 9 heteroatoms. The molecule has 4 aromatic rings. The Bertz CT molecular complexity index is 1260. The van der Waals surface area contributed by atoms with Crippen molar-refractivity contribution < 1.29 is 4.74 Å². The number of fused-ring (bicyclic) bond motifs is 1. The van der Waals surface area contributed by atoms with Crippen molar-refractivity contribution in [2.45, 2.75) is 31.2 Å². The van der Waals surface area contributed by atoms with Crippen LogP contribution in [0.3, 0.4) is 0 Å². The minimum atomic E-state index is 0.482. The predicted octanol–water partition coefficient (Wildman–Crippen LogP) is 3.23. The third-order valence-electron chi connectivity index (χ3n) is 6.45. The Morgan fingerprint density at radius 3 is 2.69 bits per heavy atom. The molecule has 1 aliphatic heterocycles. The third-order valence-corrected chi connectivity index (χ3v) is 6.45. The maximum Gasteiger partial charge on any atom is 0.165 e. The molecule has 0 radical (unpaired) electrons. The SMILES string of the molecule is CN1CC[C@@H]1COc1cnn(C)c1-c1ccn2nc(Nc3ccc(C4CC4)nn3)cc2c1. The number of anilines is 2. The van der Waals surface area contributed by atoms with E-state index in [0.717, 1.165) is 40.6 Å². The number of aromatic nitrogens is 6. The second-order valence-electron chi connectivity index (χ2n) is 8.77. The van der Waals surface area contributed by atoms with Crippen LogP contribution in [0.1, 0.15) is 30.9 Å². The number of ether oxygens (including phenoxy) is 1. The molecule has 32 heavy (non-hydrogen) atoms. The Morgan fingerprint density at radius 1 is 1.06 bits per heavy atom. The van der Waals surface area contributed by atoms with Crippen molar-refractivity contribution in [2.75, 3.05) is 25.5 Å². The van der Waals surface area contributed by atoms with Crippen LogP contribution < -0.4 is 10.1 Å². The molecular weight excluding hydrogens is 404 g/mol. The normalized spacial score (nSPS) is 18.6. The summed E-state index contributed by atoms with van der Waals surface area (Å²) >= 11 is 0. The molecular formula is C23H26N8O. The summed E-state index contributed by atoms with van der Waals surface area (Å²) in [6.45, 7) is 1.82. The van der Waals surface area contributed by atoms with Crippen LogP contribution in [-0.4, -0.2) is 60.7 Å². The van der Waals surface area contributed by atoms with Crippen LogP contribution in [0.15, 0.2) is 42.7 Å². The number of pyridine rings is 1. The second kappa shape index (κ2) is 7.59. The summed E-state index contributed by atoms with van der Waals surface area (Å²) in [7, 11) is 4.07. The van der Waals surface area contributed by atoms with E-state index in [-0.39, 0.29) is 0 Å². The van der Waals surface area contributed by atoms with Crippen molar-refractivity contribution in [1.82, 2.24) is 34.5 Å². The molecule has 0 bridgehead atoms. The molecule has 1 saturated heterocycles. The lowest BCUT2D eigenvalue weighted by Crippen LogP contribution is -2.48. The summed E-state index contributed by atoms with van der Waals surface area (Å²) in [6, 6.07) is 10.6. The van der Waals surface area contributed by atoms with E-state index in [2.05, 4.69) is 43.7 Å². The van der Waals surface area contributed by atoms with Crippen molar-refractivity contribution in [3.8, 4) is 17.0 Å². The van der Waals surface area contributed by atoms with Gasteiger partial charge in [-0.2, -0.15) is 15.3 Å². The number of rotatable bonds is 7. The molecule has 1 aliphatic carbocycles. The molecule has 1 atom stereocenters. The summed E-state index contributed by atoms with van der Waals surface area (Å²) < 4.78 is 9.84. The Hall–Kier alpha value is -3.46. The molecule has 9 nitrogen and oxygen atoms in total. The monoisotopic (exact) mass is 430 g/mol. The quantitative estimate of drug-likeness (QED) is 0.482. The number of aryl methyl sites for hydroxylation is 1. The molecule has 0 amide bonds. The van der Waals surface area contributed by atoms with Gasteiger partial charge >= 0.3 is 0 Å². The van der Waals surface area contributed by atoms with Crippen molar-refractivity contribution >= 4 is 17.2 Å². The van der Waals surface area contributed by atoms with E-state index in [0.29, 0.717) is 24.4 Å². The Morgan fingerprint density at radius 2 is 1.97 bits per heavy atom. The van der Waals surface area contributed by atoms with Crippen molar-refractivity contribution in [3.63, 3.8) is 0 Å². The molecule has 2 fully saturated rings. The van der Waals surface area contributed by atoms with Crippen LogP contribution in [0.5, 0.6) is 5.75 Å². The van der Waals surface area contributed by atoms with Crippen LogP contribution >= 0.6 is 0 Å². The van der Waals surface area contributed by atoms with Gasteiger partial charge in [0.25, 0.3) is 0 Å². The first-order valence-corrected chi connectivity index (χ1v) is 11.1. The minimum absolute atomic E-state index is 0.482. The first-order chi connectivity index (χ1) is 15.6. The van der Waals surface area contributed by atoms with Gasteiger partial charge in [0.1, 0.15) is 12.3 Å². The maximum absolute atomic E-state index is 6.14. The molecule has 5 heterocycles. The first kappa shape index (κ1) is 19.2. The summed E-state index contributed by atoms with van der Waals surface area (Å²) in [5, 5.41) is 20.9. The molecule has 1 saturated carbocycles. The van der Waals surface area contributed by atoms with Crippen LogP contribution in [0, 0.1) is 0 Å². The topological polar surface area (TPSA) is 85.4 Å². The molecule has 1 N–H and O–H groups in total. The number of nitrogens with one attached hydrogen (secondary N) is 1. The third kappa shape index (κ3) is 3.58. The van der Waals surface area contributed by atoms with Gasteiger partial charge in [-0.15, -0.1) is 5.10 Å². The number of likely N-dealkylation sites (tertiary alicyclic amines) is 1. The fraction of sp³-hybridized carbons (Fsp3) is 0.391. The number of likely N-dealkylation sites (N-methyl/N-ethyl adjacent to an activating group) is 1. The Balaban J connectivity index is 1.22. The average Bonchev–Trinajstić information content (AvgIpc) is 3.47. The zero-order valence-electron chi connectivity index (χ0n) is 18.3. The number of hydrogen-bond acceptors (Lipinski definition) is 7. The van der Waals surface area contributed by atoms with Gasteiger partial charge in [-0.1, -0.05) is 0 Å². The summed E-state index contributed by atoms with van der Waals surface area (Å²) in [5.74, 6) is 2.83. The molecule has 0 spiro atoms. The maximum atomic E-state index is 6.14. The second-order valence-corrected chi connectivity index (χ2v) is 8.77. The van der Waals surface area contributed by atoms with Gasteiger partial charge in [-0.3, -0.25) is 9.58 Å². The zero-order valence-corrected chi connectivity index (χ0v) is 18.3. The fourth-order valence-electron chi connectivity index (χ4n) is 4.16. The largest absolute Gasteiger partial charge is 0.488 e. The molecule has 4 aromatic heterocycles. The Kier molecular flexibility index (Phi) is 4.57. The van der Waals surface area contributed by atoms with Crippen molar-refractivity contribution in [1.29, 1.82) is 0 Å². The lowest BCUT2D eigenvalue weighted by atomic mass is 10.1. The van der Waals surface area contributed by atoms with Crippen LogP contribution in [0.4, 0.5) is 11.6 Å². The van der Waals surface area contributed by atoms with E-state index in [1.165, 1.54) is 19.3 Å². The van der Waals surface area contributed by atoms with Crippen molar-refractivity contribution in [3.05, 3.63) is 48.4 Å². The number of nitrogens with zero attached hydrogens (tertiary/aromatic N) is 7. The van der Waals surface area contributed by atoms with Crippen molar-refractivity contribution in [2.24, 2.45) is 7.05 Å². The van der Waals surface area contributed by atoms with Crippen LogP contribution in [0.2, 0.25) is 0 Å². The standard InChI is InChI=1S/C23H26N8O/c1-29-9-8-17(29)14-32-20-13-24-30(2)23(20)16-7-10-31-18(11-16)12-22(28-31)25-21-6-5-19(26-27-21)15-3-4-15/h5-7,10-13,15,17H,3-4,8-9,14H2,1-2H3,(H,25,27,28)/t17-/m1/s1. The van der Waals surface area contributed by atoms with Gasteiger partial charge in [0.2, 0.25) is 0 Å². The summed E-state index contributed by atoms with van der Waals surface area (Å²) in [5.41, 5.74) is 4.05. The minimum Gasteiger partial charge on any atom is -0.488 e. The highest BCUT2D eigenvalue weighted by Crippen LogP contribution is 2.38. The first-order valence-electron chi connectivity index (χ1n) is 11.1. The fourth-order valence-corrected chi connectivity index (χ4v) is 4.16. The lowest BCUT2D eigenvalue weighted by Gasteiger charge is -2.37. The molecule has 6 rings (SSSR count). The van der Waals surface area contributed by atoms with Gasteiger partial charge in [-0.05, 0) is 57.1 Å². The van der Waals surface area contributed by atoms with Gasteiger partial charge in [0.05, 0.1) is 17.4 Å². The lowest BCUT2D eigenvalue weighted by molar-refractivity contribution is 0.0771. The van der Waals surface area contributed by atoms with E-state index in [1.807, 2.05) is 46.7 Å². The van der Waals surface area contributed by atoms with E-state index in [1.54, 1.807) is 6.20 Å². The molecule has 0 aromatic carbocycles. The highest BCUT2D eigenvalue weighted by molar-refractivity contribution is 5.72. The van der Waals surface area contributed by atoms with E-state index in [9.17, 15) is 0 Å². The molecule has 0 unspecified atom stereocenters. The van der Waals surface area contributed by atoms with E-state index in [4.69, 9.17) is 4.74 Å². The molecule has 164 valence electrons.